The van der Waals surface area contributed by atoms with E-state index >= 15 is 0 Å². The lowest BCUT2D eigenvalue weighted by atomic mass is 9.83. The van der Waals surface area contributed by atoms with E-state index in [0.717, 1.165) is 0 Å². The van der Waals surface area contributed by atoms with Gasteiger partial charge in [0, 0.05) is 19.6 Å². The van der Waals surface area contributed by atoms with E-state index in [1.807, 2.05) is 0 Å². The predicted octanol–water partition coefficient (Wildman–Crippen LogP) is 3.45. The Morgan fingerprint density at radius 3 is 2.37 bits per heavy atom. The molecular weight excluding hydrogens is 255 g/mol. The van der Waals surface area contributed by atoms with Crippen molar-refractivity contribution >= 4 is 0 Å². The number of likely N-dealkylation sites (tertiary alicyclic amines) is 1. The van der Waals surface area contributed by atoms with Crippen molar-refractivity contribution in [2.45, 2.75) is 58.2 Å². The number of unbranched alkanes of at least 4 members (excludes halogenated alkanes) is 3. The Balaban J connectivity index is 2.12. The molecule has 0 spiro atoms. The lowest BCUT2D eigenvalue weighted by molar-refractivity contribution is -0.212. The van der Waals surface area contributed by atoms with Crippen LogP contribution in [0, 0.1) is 11.8 Å². The molecule has 1 heterocycles. The second-order valence-electron chi connectivity index (χ2n) is 5.86. The lowest BCUT2D eigenvalue weighted by Crippen LogP contribution is -2.54. The summed E-state index contributed by atoms with van der Waals surface area (Å²) in [6.07, 6.45) is -0.562. The minimum absolute atomic E-state index is 0.275. The number of rotatable bonds is 8. The molecule has 2 nitrogen and oxygen atoms in total. The maximum Gasteiger partial charge on any atom is 0.415 e. The van der Waals surface area contributed by atoms with E-state index in [4.69, 9.17) is 5.11 Å². The molecule has 1 saturated heterocycles. The number of hydrogen-bond acceptors (Lipinski definition) is 2. The van der Waals surface area contributed by atoms with Crippen LogP contribution in [0.4, 0.5) is 13.2 Å². The minimum Gasteiger partial charge on any atom is -0.382 e. The molecule has 1 unspecified atom stereocenters. The third-order valence-electron chi connectivity index (χ3n) is 4.11. The molecule has 5 heteroatoms. The standard InChI is InChI=1S/C14H26F3NO/c1-3-4-5-6-7-11(2)12-8-18(9-12)10-13(19)14(15,16)17/h11-13,19H,3-10H2,1-2H3/t11?,13-/m0/s1. The predicted molar refractivity (Wildman–Crippen MR) is 69.9 cm³/mol. The van der Waals surface area contributed by atoms with Crippen molar-refractivity contribution in [3.8, 4) is 0 Å². The highest BCUT2D eigenvalue weighted by Gasteiger charge is 2.41. The van der Waals surface area contributed by atoms with Crippen LogP contribution in [0.2, 0.25) is 0 Å². The van der Waals surface area contributed by atoms with Crippen LogP contribution in [-0.4, -0.2) is 41.9 Å². The Labute approximate surface area is 114 Å². The van der Waals surface area contributed by atoms with Gasteiger partial charge in [0.25, 0.3) is 0 Å². The molecule has 1 fully saturated rings. The molecule has 0 aliphatic carbocycles. The highest BCUT2D eigenvalue weighted by atomic mass is 19.4. The molecule has 0 amide bonds. The van der Waals surface area contributed by atoms with Crippen LogP contribution in [0.25, 0.3) is 0 Å². The topological polar surface area (TPSA) is 23.5 Å². The largest absolute Gasteiger partial charge is 0.415 e. The summed E-state index contributed by atoms with van der Waals surface area (Å²) in [6.45, 7) is 5.49. The number of β-amino-alcohol motifs (C(OH)–C–C–N with tert-alkyl or cyclic N) is 1. The Kier molecular flexibility index (Phi) is 6.60. The van der Waals surface area contributed by atoms with E-state index in [9.17, 15) is 13.2 Å². The lowest BCUT2D eigenvalue weighted by Gasteiger charge is -2.43. The molecule has 1 rings (SSSR count). The molecule has 2 atom stereocenters. The quantitative estimate of drug-likeness (QED) is 0.689. The van der Waals surface area contributed by atoms with Crippen molar-refractivity contribution < 1.29 is 18.3 Å². The summed E-state index contributed by atoms with van der Waals surface area (Å²) in [7, 11) is 0. The molecule has 0 aromatic rings. The normalized spacial score (nSPS) is 21.2. The molecular formula is C14H26F3NO. The van der Waals surface area contributed by atoms with Gasteiger partial charge in [-0.2, -0.15) is 13.2 Å². The van der Waals surface area contributed by atoms with E-state index < -0.39 is 12.3 Å². The van der Waals surface area contributed by atoms with Crippen LogP contribution < -0.4 is 0 Å². The summed E-state index contributed by atoms with van der Waals surface area (Å²) >= 11 is 0. The minimum atomic E-state index is -4.49. The van der Waals surface area contributed by atoms with Gasteiger partial charge in [0.15, 0.2) is 6.10 Å². The van der Waals surface area contributed by atoms with Crippen molar-refractivity contribution in [1.82, 2.24) is 4.90 Å². The average molecular weight is 281 g/mol. The van der Waals surface area contributed by atoms with E-state index in [2.05, 4.69) is 13.8 Å². The molecule has 0 radical (unpaired) electrons. The number of hydrogen-bond donors (Lipinski definition) is 1. The molecule has 1 aliphatic rings. The molecule has 1 aliphatic heterocycles. The van der Waals surface area contributed by atoms with Crippen molar-refractivity contribution in [3.05, 3.63) is 0 Å². The highest BCUT2D eigenvalue weighted by molar-refractivity contribution is 4.85. The van der Waals surface area contributed by atoms with Gasteiger partial charge in [0.1, 0.15) is 0 Å². The first-order valence-electron chi connectivity index (χ1n) is 7.31. The van der Waals surface area contributed by atoms with Crippen molar-refractivity contribution in [2.24, 2.45) is 11.8 Å². The molecule has 1 N–H and O–H groups in total. The zero-order chi connectivity index (χ0) is 14.5. The van der Waals surface area contributed by atoms with Crippen molar-refractivity contribution in [2.75, 3.05) is 19.6 Å². The second-order valence-corrected chi connectivity index (χ2v) is 5.86. The zero-order valence-electron chi connectivity index (χ0n) is 11.9. The van der Waals surface area contributed by atoms with E-state index in [-0.39, 0.29) is 6.54 Å². The van der Waals surface area contributed by atoms with Gasteiger partial charge in [-0.3, -0.25) is 4.90 Å². The van der Waals surface area contributed by atoms with Crippen molar-refractivity contribution in [1.29, 1.82) is 0 Å². The third-order valence-corrected chi connectivity index (χ3v) is 4.11. The number of alkyl halides is 3. The van der Waals surface area contributed by atoms with Gasteiger partial charge >= 0.3 is 6.18 Å². The van der Waals surface area contributed by atoms with Gasteiger partial charge in [0.05, 0.1) is 0 Å². The Morgan fingerprint density at radius 2 is 1.84 bits per heavy atom. The van der Waals surface area contributed by atoms with Gasteiger partial charge in [-0.05, 0) is 11.8 Å². The van der Waals surface area contributed by atoms with Crippen LogP contribution >= 0.6 is 0 Å². The fraction of sp³-hybridized carbons (Fsp3) is 1.00. The zero-order valence-corrected chi connectivity index (χ0v) is 11.9. The molecule has 0 aromatic carbocycles. The van der Waals surface area contributed by atoms with Gasteiger partial charge in [-0.1, -0.05) is 46.0 Å². The third kappa shape index (κ3) is 5.69. The molecule has 0 bridgehead atoms. The van der Waals surface area contributed by atoms with Gasteiger partial charge in [0.2, 0.25) is 0 Å². The number of aliphatic hydroxyl groups excluding tert-OH is 1. The molecule has 114 valence electrons. The van der Waals surface area contributed by atoms with Crippen LogP contribution in [0.5, 0.6) is 0 Å². The fourth-order valence-corrected chi connectivity index (χ4v) is 2.60. The summed E-state index contributed by atoms with van der Waals surface area (Å²) in [6, 6.07) is 0. The summed E-state index contributed by atoms with van der Waals surface area (Å²) < 4.78 is 36.6. The Hall–Kier alpha value is -0.290. The maximum atomic E-state index is 12.2. The highest BCUT2D eigenvalue weighted by Crippen LogP contribution is 2.29. The maximum absolute atomic E-state index is 12.2. The van der Waals surface area contributed by atoms with Crippen LogP contribution in [0.1, 0.15) is 46.0 Å². The van der Waals surface area contributed by atoms with E-state index in [0.29, 0.717) is 24.9 Å². The van der Waals surface area contributed by atoms with E-state index in [1.54, 1.807) is 4.90 Å². The van der Waals surface area contributed by atoms with Crippen LogP contribution in [-0.2, 0) is 0 Å². The van der Waals surface area contributed by atoms with Crippen LogP contribution in [0.3, 0.4) is 0 Å². The Bertz CT molecular complexity index is 252. The summed E-state index contributed by atoms with van der Waals surface area (Å²) in [5.41, 5.74) is 0. The SMILES string of the molecule is CCCCCCC(C)C1CN(C[C@H](O)C(F)(F)F)C1. The number of nitrogens with zero attached hydrogens (tertiary/aromatic N) is 1. The summed E-state index contributed by atoms with van der Waals surface area (Å²) in [5.74, 6) is 1.08. The molecule has 0 aromatic heterocycles. The monoisotopic (exact) mass is 281 g/mol. The van der Waals surface area contributed by atoms with Crippen LogP contribution in [0.15, 0.2) is 0 Å². The summed E-state index contributed by atoms with van der Waals surface area (Å²) in [5, 5.41) is 8.98. The second kappa shape index (κ2) is 7.48. The fourth-order valence-electron chi connectivity index (χ4n) is 2.60. The number of halogens is 3. The van der Waals surface area contributed by atoms with E-state index in [1.165, 1.54) is 32.1 Å². The first-order chi connectivity index (χ1) is 8.84. The van der Waals surface area contributed by atoms with Gasteiger partial charge in [-0.15, -0.1) is 0 Å². The van der Waals surface area contributed by atoms with Gasteiger partial charge < -0.3 is 5.11 Å². The Morgan fingerprint density at radius 1 is 1.21 bits per heavy atom. The van der Waals surface area contributed by atoms with Gasteiger partial charge in [-0.25, -0.2) is 0 Å². The summed E-state index contributed by atoms with van der Waals surface area (Å²) in [4.78, 5) is 1.70. The molecule has 19 heavy (non-hydrogen) atoms. The first-order valence-corrected chi connectivity index (χ1v) is 7.31. The first kappa shape index (κ1) is 16.8. The number of aliphatic hydroxyl groups is 1. The average Bonchev–Trinajstić information content (AvgIpc) is 2.26. The van der Waals surface area contributed by atoms with Crippen molar-refractivity contribution in [3.63, 3.8) is 0 Å². The molecule has 0 saturated carbocycles. The smallest absolute Gasteiger partial charge is 0.382 e.